The van der Waals surface area contributed by atoms with E-state index in [2.05, 4.69) is 26.8 Å². The summed E-state index contributed by atoms with van der Waals surface area (Å²) in [6.07, 6.45) is 7.63. The van der Waals surface area contributed by atoms with Crippen molar-refractivity contribution in [2.24, 2.45) is 5.41 Å². The van der Waals surface area contributed by atoms with E-state index in [-0.39, 0.29) is 17.0 Å². The Labute approximate surface area is 196 Å². The van der Waals surface area contributed by atoms with E-state index in [9.17, 15) is 9.59 Å². The van der Waals surface area contributed by atoms with E-state index >= 15 is 0 Å². The van der Waals surface area contributed by atoms with Crippen LogP contribution < -0.4 is 4.74 Å². The fourth-order valence-corrected chi connectivity index (χ4v) is 3.60. The summed E-state index contributed by atoms with van der Waals surface area (Å²) in [6, 6.07) is 12.6. The van der Waals surface area contributed by atoms with Crippen LogP contribution in [0.2, 0.25) is 5.02 Å². The van der Waals surface area contributed by atoms with Gasteiger partial charge in [-0.2, -0.15) is 0 Å². The molecular weight excluding hydrogens is 420 g/mol. The molecule has 0 spiro atoms. The number of rotatable bonds is 4. The lowest BCUT2D eigenvalue weighted by molar-refractivity contribution is -0.112. The molecule has 1 aliphatic rings. The molecule has 2 aromatic carbocycles. The first kappa shape index (κ1) is 25.4. The molecule has 32 heavy (non-hydrogen) atoms. The smallest absolute Gasteiger partial charge is 0.193 e. The molecular formula is C28H31ClO3. The zero-order valence-corrected chi connectivity index (χ0v) is 20.4. The van der Waals surface area contributed by atoms with Crippen molar-refractivity contribution in [2.75, 3.05) is 6.61 Å². The van der Waals surface area contributed by atoms with E-state index in [1.165, 1.54) is 0 Å². The number of ketones is 2. The summed E-state index contributed by atoms with van der Waals surface area (Å²) in [6.45, 7) is 12.4. The molecule has 0 radical (unpaired) electrons. The van der Waals surface area contributed by atoms with Crippen LogP contribution in [-0.2, 0) is 4.79 Å². The van der Waals surface area contributed by atoms with Gasteiger partial charge in [0.25, 0.3) is 0 Å². The van der Waals surface area contributed by atoms with E-state index in [0.717, 1.165) is 22.5 Å². The minimum Gasteiger partial charge on any atom is -0.492 e. The fourth-order valence-electron chi connectivity index (χ4n) is 3.47. The van der Waals surface area contributed by atoms with Crippen molar-refractivity contribution in [3.05, 3.63) is 94.1 Å². The Bertz CT molecular complexity index is 1070. The van der Waals surface area contributed by atoms with Crippen molar-refractivity contribution in [3.8, 4) is 5.75 Å². The van der Waals surface area contributed by atoms with Crippen LogP contribution in [0.25, 0.3) is 5.57 Å². The summed E-state index contributed by atoms with van der Waals surface area (Å²) in [5.74, 6) is 0.920. The van der Waals surface area contributed by atoms with Crippen LogP contribution in [0, 0.1) is 5.41 Å². The lowest BCUT2D eigenvalue weighted by Crippen LogP contribution is -2.17. The predicted molar refractivity (Wildman–Crippen MR) is 134 cm³/mol. The standard InChI is InChI=1S/C20H19ClO2.C8H12O/c1-13-11-20(2,3)12-23-18-9-6-15(10-17(13)18)19(22)14-4-7-16(21)8-5-14;1-4-5-7(2)6-8(3)9/h4-11H,12H2,1-3H3;4-6H,1-3H3/b;5-4+,7-6+. The van der Waals surface area contributed by atoms with Crippen molar-refractivity contribution in [3.63, 3.8) is 0 Å². The molecule has 0 amide bonds. The van der Waals surface area contributed by atoms with Crippen molar-refractivity contribution in [2.45, 2.75) is 41.5 Å². The van der Waals surface area contributed by atoms with Gasteiger partial charge in [0.1, 0.15) is 5.75 Å². The van der Waals surface area contributed by atoms with Crippen LogP contribution in [0.5, 0.6) is 5.75 Å². The van der Waals surface area contributed by atoms with Gasteiger partial charge in [-0.25, -0.2) is 0 Å². The molecule has 0 bridgehead atoms. The number of allylic oxidation sites excluding steroid dienone is 5. The second kappa shape index (κ2) is 11.1. The molecule has 0 N–H and O–H groups in total. The SMILES string of the molecule is C/C=C/C(C)=C/C(C)=O.CC1=CC(C)(C)COc2ccc(C(=O)c3ccc(Cl)cc3)cc21. The minimum atomic E-state index is -0.0244. The molecule has 0 unspecified atom stereocenters. The Kier molecular flexibility index (Phi) is 8.80. The summed E-state index contributed by atoms with van der Waals surface area (Å²) in [5, 5.41) is 0.623. The van der Waals surface area contributed by atoms with E-state index in [0.29, 0.717) is 22.8 Å². The molecule has 0 atom stereocenters. The van der Waals surface area contributed by atoms with Gasteiger partial charge in [0.15, 0.2) is 11.6 Å². The zero-order chi connectivity index (χ0) is 23.9. The Morgan fingerprint density at radius 2 is 1.66 bits per heavy atom. The maximum Gasteiger partial charge on any atom is 0.193 e. The molecule has 4 heteroatoms. The van der Waals surface area contributed by atoms with E-state index in [1.54, 1.807) is 37.3 Å². The van der Waals surface area contributed by atoms with Gasteiger partial charge in [-0.15, -0.1) is 0 Å². The first-order chi connectivity index (χ1) is 15.0. The predicted octanol–water partition coefficient (Wildman–Crippen LogP) is 7.49. The second-order valence-electron chi connectivity index (χ2n) is 8.65. The lowest BCUT2D eigenvalue weighted by atomic mass is 9.90. The normalized spacial score (nSPS) is 15.0. The summed E-state index contributed by atoms with van der Waals surface area (Å²) in [4.78, 5) is 23.1. The highest BCUT2D eigenvalue weighted by molar-refractivity contribution is 6.30. The fraction of sp³-hybridized carbons (Fsp3) is 0.286. The highest BCUT2D eigenvalue weighted by Crippen LogP contribution is 2.35. The quantitative estimate of drug-likeness (QED) is 0.275. The summed E-state index contributed by atoms with van der Waals surface area (Å²) in [7, 11) is 0. The van der Waals surface area contributed by atoms with Gasteiger partial charge in [0.05, 0.1) is 6.61 Å². The van der Waals surface area contributed by atoms with Gasteiger partial charge in [-0.1, -0.05) is 43.7 Å². The van der Waals surface area contributed by atoms with Crippen LogP contribution in [-0.4, -0.2) is 18.2 Å². The number of fused-ring (bicyclic) bond motifs is 1. The maximum absolute atomic E-state index is 12.7. The lowest BCUT2D eigenvalue weighted by Gasteiger charge is -2.18. The van der Waals surface area contributed by atoms with E-state index < -0.39 is 0 Å². The van der Waals surface area contributed by atoms with Crippen LogP contribution in [0.1, 0.15) is 63.0 Å². The average Bonchev–Trinajstić information content (AvgIpc) is 2.83. The number of hydrogen-bond donors (Lipinski definition) is 0. The largest absolute Gasteiger partial charge is 0.492 e. The first-order valence-corrected chi connectivity index (χ1v) is 11.0. The Hall–Kier alpha value is -2.91. The third kappa shape index (κ3) is 7.35. The third-order valence-corrected chi connectivity index (χ3v) is 5.09. The Morgan fingerprint density at radius 1 is 1.03 bits per heavy atom. The maximum atomic E-state index is 12.7. The summed E-state index contributed by atoms with van der Waals surface area (Å²) < 4.78 is 5.91. The molecule has 3 nitrogen and oxygen atoms in total. The molecule has 2 aromatic rings. The van der Waals surface area contributed by atoms with Gasteiger partial charge < -0.3 is 4.74 Å². The molecule has 0 aliphatic carbocycles. The number of ether oxygens (including phenoxy) is 1. The van der Waals surface area contributed by atoms with Crippen LogP contribution >= 0.6 is 11.6 Å². The summed E-state index contributed by atoms with van der Waals surface area (Å²) in [5.41, 5.74) is 4.38. The molecule has 0 fully saturated rings. The van der Waals surface area contributed by atoms with Crippen molar-refractivity contribution in [1.82, 2.24) is 0 Å². The number of halogens is 1. The van der Waals surface area contributed by atoms with E-state index in [4.69, 9.17) is 16.3 Å². The van der Waals surface area contributed by atoms with Gasteiger partial charge >= 0.3 is 0 Å². The molecule has 0 saturated heterocycles. The topological polar surface area (TPSA) is 43.4 Å². The molecule has 1 aliphatic heterocycles. The van der Waals surface area contributed by atoms with Crippen molar-refractivity contribution >= 4 is 28.7 Å². The number of carbonyl (C=O) groups excluding carboxylic acids is 2. The van der Waals surface area contributed by atoms with Gasteiger partial charge in [-0.05, 0) is 87.4 Å². The second-order valence-corrected chi connectivity index (χ2v) is 9.09. The molecule has 3 rings (SSSR count). The zero-order valence-electron chi connectivity index (χ0n) is 19.7. The summed E-state index contributed by atoms with van der Waals surface area (Å²) >= 11 is 5.89. The average molecular weight is 451 g/mol. The van der Waals surface area contributed by atoms with Crippen molar-refractivity contribution < 1.29 is 14.3 Å². The third-order valence-electron chi connectivity index (χ3n) is 4.84. The number of carbonyl (C=O) groups is 2. The number of benzene rings is 2. The van der Waals surface area contributed by atoms with Gasteiger partial charge in [-0.3, -0.25) is 9.59 Å². The first-order valence-electron chi connectivity index (χ1n) is 10.6. The van der Waals surface area contributed by atoms with E-state index in [1.807, 2.05) is 44.2 Å². The molecule has 1 heterocycles. The minimum absolute atomic E-state index is 0.0132. The highest BCUT2D eigenvalue weighted by atomic mass is 35.5. The van der Waals surface area contributed by atoms with Crippen LogP contribution in [0.15, 0.2) is 72.3 Å². The van der Waals surface area contributed by atoms with Crippen LogP contribution in [0.4, 0.5) is 0 Å². The highest BCUT2D eigenvalue weighted by Gasteiger charge is 2.23. The Morgan fingerprint density at radius 3 is 2.25 bits per heavy atom. The Balaban J connectivity index is 0.000000344. The monoisotopic (exact) mass is 450 g/mol. The molecule has 168 valence electrons. The molecule has 0 aromatic heterocycles. The van der Waals surface area contributed by atoms with Crippen LogP contribution in [0.3, 0.4) is 0 Å². The number of hydrogen-bond acceptors (Lipinski definition) is 3. The van der Waals surface area contributed by atoms with Crippen molar-refractivity contribution in [1.29, 1.82) is 0 Å². The molecule has 0 saturated carbocycles. The van der Waals surface area contributed by atoms with Gasteiger partial charge in [0.2, 0.25) is 0 Å². The van der Waals surface area contributed by atoms with Gasteiger partial charge in [0, 0.05) is 27.1 Å².